The second-order valence-corrected chi connectivity index (χ2v) is 7.35. The lowest BCUT2D eigenvalue weighted by atomic mass is 9.97. The molecule has 2 heteroatoms. The van der Waals surface area contributed by atoms with Crippen molar-refractivity contribution in [3.05, 3.63) is 29.3 Å². The van der Waals surface area contributed by atoms with E-state index in [1.54, 1.807) is 7.11 Å². The fourth-order valence-electron chi connectivity index (χ4n) is 2.50. The Hall–Kier alpha value is -1.02. The SMILES string of the molecule is COc1ccc(C(C)C)cc1CCCCCCOC(C)(C)C. The summed E-state index contributed by atoms with van der Waals surface area (Å²) in [6, 6.07) is 6.60. The van der Waals surface area contributed by atoms with Crippen molar-refractivity contribution in [1.29, 1.82) is 0 Å². The quantitative estimate of drug-likeness (QED) is 0.542. The van der Waals surface area contributed by atoms with Crippen molar-refractivity contribution in [2.75, 3.05) is 13.7 Å². The predicted molar refractivity (Wildman–Crippen MR) is 95.0 cm³/mol. The van der Waals surface area contributed by atoms with Crippen LogP contribution in [0.1, 0.15) is 77.3 Å². The van der Waals surface area contributed by atoms with E-state index in [2.05, 4.69) is 52.8 Å². The minimum absolute atomic E-state index is 0.00927. The van der Waals surface area contributed by atoms with Crippen molar-refractivity contribution in [2.24, 2.45) is 0 Å². The Morgan fingerprint density at radius 2 is 1.68 bits per heavy atom. The van der Waals surface area contributed by atoms with Crippen LogP contribution in [-0.4, -0.2) is 19.3 Å². The summed E-state index contributed by atoms with van der Waals surface area (Å²) in [5.41, 5.74) is 2.74. The highest BCUT2D eigenvalue weighted by atomic mass is 16.5. The van der Waals surface area contributed by atoms with Crippen LogP contribution in [0.5, 0.6) is 5.75 Å². The lowest BCUT2D eigenvalue weighted by Gasteiger charge is -2.19. The van der Waals surface area contributed by atoms with Crippen LogP contribution < -0.4 is 4.74 Å². The first kappa shape index (κ1) is 19.0. The van der Waals surface area contributed by atoms with Gasteiger partial charge in [0.1, 0.15) is 5.75 Å². The van der Waals surface area contributed by atoms with Crippen LogP contribution in [0.4, 0.5) is 0 Å². The maximum Gasteiger partial charge on any atom is 0.122 e. The van der Waals surface area contributed by atoms with Gasteiger partial charge < -0.3 is 9.47 Å². The molecule has 0 radical (unpaired) electrons. The molecule has 0 aliphatic carbocycles. The number of hydrogen-bond donors (Lipinski definition) is 0. The fraction of sp³-hybridized carbons (Fsp3) is 0.700. The van der Waals surface area contributed by atoms with E-state index in [1.165, 1.54) is 30.4 Å². The minimum Gasteiger partial charge on any atom is -0.496 e. The third-order valence-corrected chi connectivity index (χ3v) is 3.85. The molecular formula is C20H34O2. The molecule has 0 aromatic heterocycles. The molecule has 0 aliphatic rings. The zero-order valence-corrected chi connectivity index (χ0v) is 15.4. The van der Waals surface area contributed by atoms with Crippen molar-refractivity contribution in [1.82, 2.24) is 0 Å². The molecule has 0 saturated carbocycles. The molecule has 22 heavy (non-hydrogen) atoms. The molecule has 0 N–H and O–H groups in total. The number of benzene rings is 1. The van der Waals surface area contributed by atoms with Crippen LogP contribution in [-0.2, 0) is 11.2 Å². The van der Waals surface area contributed by atoms with E-state index in [4.69, 9.17) is 9.47 Å². The highest BCUT2D eigenvalue weighted by molar-refractivity contribution is 5.38. The van der Waals surface area contributed by atoms with Gasteiger partial charge in [0.05, 0.1) is 12.7 Å². The Labute approximate surface area is 137 Å². The van der Waals surface area contributed by atoms with E-state index in [0.29, 0.717) is 5.92 Å². The van der Waals surface area contributed by atoms with Crippen molar-refractivity contribution in [3.63, 3.8) is 0 Å². The number of aryl methyl sites for hydroxylation is 1. The third-order valence-electron chi connectivity index (χ3n) is 3.85. The van der Waals surface area contributed by atoms with Crippen LogP contribution in [0.25, 0.3) is 0 Å². The van der Waals surface area contributed by atoms with Gasteiger partial charge in [-0.25, -0.2) is 0 Å². The van der Waals surface area contributed by atoms with Gasteiger partial charge in [0, 0.05) is 6.61 Å². The average molecular weight is 306 g/mol. The molecule has 0 atom stereocenters. The predicted octanol–water partition coefficient (Wildman–Crippen LogP) is 5.74. The number of unbranched alkanes of at least 4 members (excludes halogenated alkanes) is 3. The number of methoxy groups -OCH3 is 1. The normalized spacial score (nSPS) is 12.0. The second kappa shape index (κ2) is 9.19. The average Bonchev–Trinajstić information content (AvgIpc) is 2.44. The van der Waals surface area contributed by atoms with Crippen molar-refractivity contribution < 1.29 is 9.47 Å². The highest BCUT2D eigenvalue weighted by Gasteiger charge is 2.09. The molecule has 1 aromatic carbocycles. The first-order valence-electron chi connectivity index (χ1n) is 8.64. The monoisotopic (exact) mass is 306 g/mol. The molecule has 0 amide bonds. The van der Waals surface area contributed by atoms with E-state index in [-0.39, 0.29) is 5.60 Å². The summed E-state index contributed by atoms with van der Waals surface area (Å²) in [4.78, 5) is 0. The first-order chi connectivity index (χ1) is 10.3. The number of hydrogen-bond acceptors (Lipinski definition) is 2. The molecule has 0 aliphatic heterocycles. The van der Waals surface area contributed by atoms with Crippen LogP contribution in [0.3, 0.4) is 0 Å². The molecular weight excluding hydrogens is 272 g/mol. The summed E-state index contributed by atoms with van der Waals surface area (Å²) < 4.78 is 11.2. The van der Waals surface area contributed by atoms with Gasteiger partial charge in [-0.05, 0) is 63.1 Å². The first-order valence-corrected chi connectivity index (χ1v) is 8.64. The van der Waals surface area contributed by atoms with Gasteiger partial charge in [0.25, 0.3) is 0 Å². The van der Waals surface area contributed by atoms with E-state index < -0.39 is 0 Å². The van der Waals surface area contributed by atoms with Crippen molar-refractivity contribution in [2.45, 2.75) is 78.2 Å². The van der Waals surface area contributed by atoms with Gasteiger partial charge in [0.15, 0.2) is 0 Å². The summed E-state index contributed by atoms with van der Waals surface area (Å²) in [5, 5.41) is 0. The van der Waals surface area contributed by atoms with E-state index in [9.17, 15) is 0 Å². The van der Waals surface area contributed by atoms with Gasteiger partial charge in [-0.3, -0.25) is 0 Å². The smallest absolute Gasteiger partial charge is 0.122 e. The molecule has 0 bridgehead atoms. The largest absolute Gasteiger partial charge is 0.496 e. The van der Waals surface area contributed by atoms with Gasteiger partial charge in [-0.15, -0.1) is 0 Å². The molecule has 0 saturated heterocycles. The minimum atomic E-state index is -0.00927. The molecule has 1 aromatic rings. The van der Waals surface area contributed by atoms with Crippen LogP contribution in [0.15, 0.2) is 18.2 Å². The van der Waals surface area contributed by atoms with Crippen LogP contribution in [0.2, 0.25) is 0 Å². The molecule has 2 nitrogen and oxygen atoms in total. The summed E-state index contributed by atoms with van der Waals surface area (Å²) in [6.45, 7) is 11.7. The number of rotatable bonds is 9. The Bertz CT molecular complexity index is 430. The van der Waals surface area contributed by atoms with Gasteiger partial charge in [-0.1, -0.05) is 38.8 Å². The van der Waals surface area contributed by atoms with Crippen molar-refractivity contribution >= 4 is 0 Å². The molecule has 0 heterocycles. The van der Waals surface area contributed by atoms with Gasteiger partial charge in [-0.2, -0.15) is 0 Å². The van der Waals surface area contributed by atoms with E-state index in [1.807, 2.05) is 0 Å². The standard InChI is InChI=1S/C20H34O2/c1-16(2)17-12-13-19(21-6)18(15-17)11-9-7-8-10-14-22-20(3,4)5/h12-13,15-16H,7-11,14H2,1-6H3. The lowest BCUT2D eigenvalue weighted by molar-refractivity contribution is -0.00473. The van der Waals surface area contributed by atoms with Gasteiger partial charge >= 0.3 is 0 Å². The Kier molecular flexibility index (Phi) is 7.95. The summed E-state index contributed by atoms with van der Waals surface area (Å²) in [6.07, 6.45) is 5.96. The molecule has 0 fully saturated rings. The van der Waals surface area contributed by atoms with Gasteiger partial charge in [0.2, 0.25) is 0 Å². The Balaban J connectivity index is 2.33. The maximum atomic E-state index is 5.75. The van der Waals surface area contributed by atoms with Crippen molar-refractivity contribution in [3.8, 4) is 5.75 Å². The fourth-order valence-corrected chi connectivity index (χ4v) is 2.50. The summed E-state index contributed by atoms with van der Waals surface area (Å²) >= 11 is 0. The molecule has 126 valence electrons. The van der Waals surface area contributed by atoms with E-state index >= 15 is 0 Å². The second-order valence-electron chi connectivity index (χ2n) is 7.35. The highest BCUT2D eigenvalue weighted by Crippen LogP contribution is 2.25. The topological polar surface area (TPSA) is 18.5 Å². The summed E-state index contributed by atoms with van der Waals surface area (Å²) in [5.74, 6) is 1.60. The maximum absolute atomic E-state index is 5.75. The molecule has 0 unspecified atom stereocenters. The van der Waals surface area contributed by atoms with Crippen LogP contribution in [0, 0.1) is 0 Å². The zero-order chi connectivity index (χ0) is 16.6. The number of ether oxygens (including phenoxy) is 2. The van der Waals surface area contributed by atoms with E-state index in [0.717, 1.165) is 25.2 Å². The Morgan fingerprint density at radius 1 is 1.00 bits per heavy atom. The Morgan fingerprint density at radius 3 is 2.27 bits per heavy atom. The summed E-state index contributed by atoms with van der Waals surface area (Å²) in [7, 11) is 1.76. The molecule has 0 spiro atoms. The van der Waals surface area contributed by atoms with Crippen LogP contribution >= 0.6 is 0 Å². The third kappa shape index (κ3) is 7.31. The lowest BCUT2D eigenvalue weighted by Crippen LogP contribution is -2.19. The zero-order valence-electron chi connectivity index (χ0n) is 15.4. The molecule has 1 rings (SSSR count).